The molecule has 4 nitrogen and oxygen atoms in total. The van der Waals surface area contributed by atoms with Gasteiger partial charge in [0.05, 0.1) is 20.3 Å². The lowest BCUT2D eigenvalue weighted by Crippen LogP contribution is -2.22. The van der Waals surface area contributed by atoms with E-state index in [4.69, 9.17) is 18.9 Å². The highest BCUT2D eigenvalue weighted by molar-refractivity contribution is 5.43. The van der Waals surface area contributed by atoms with Crippen molar-refractivity contribution in [3.63, 3.8) is 0 Å². The quantitative estimate of drug-likeness (QED) is 0.733. The molecule has 0 aliphatic carbocycles. The van der Waals surface area contributed by atoms with E-state index in [1.807, 2.05) is 18.2 Å². The molecule has 3 unspecified atom stereocenters. The summed E-state index contributed by atoms with van der Waals surface area (Å²) in [6, 6.07) is 5.91. The first-order chi connectivity index (χ1) is 9.58. The van der Waals surface area contributed by atoms with Crippen LogP contribution >= 0.6 is 0 Å². The summed E-state index contributed by atoms with van der Waals surface area (Å²) in [7, 11) is 6.73. The second-order valence-electron chi connectivity index (χ2n) is 5.06. The van der Waals surface area contributed by atoms with Gasteiger partial charge in [-0.1, -0.05) is 19.9 Å². The largest absolute Gasteiger partial charge is 0.493 e. The zero-order valence-corrected chi connectivity index (χ0v) is 13.3. The summed E-state index contributed by atoms with van der Waals surface area (Å²) in [6.07, 6.45) is -0.0000406. The van der Waals surface area contributed by atoms with E-state index < -0.39 is 0 Å². The van der Waals surface area contributed by atoms with Gasteiger partial charge in [-0.2, -0.15) is 0 Å². The highest BCUT2D eigenvalue weighted by Crippen LogP contribution is 2.36. The van der Waals surface area contributed by atoms with Crippen molar-refractivity contribution in [2.45, 2.75) is 20.0 Å². The van der Waals surface area contributed by atoms with E-state index in [-0.39, 0.29) is 6.10 Å². The summed E-state index contributed by atoms with van der Waals surface area (Å²) >= 11 is 0. The van der Waals surface area contributed by atoms with Gasteiger partial charge >= 0.3 is 0 Å². The van der Waals surface area contributed by atoms with Gasteiger partial charge < -0.3 is 18.9 Å². The van der Waals surface area contributed by atoms with Gasteiger partial charge in [0.2, 0.25) is 0 Å². The molecule has 0 radical (unpaired) electrons. The van der Waals surface area contributed by atoms with Crippen LogP contribution in [0, 0.1) is 11.8 Å². The first-order valence-electron chi connectivity index (χ1n) is 6.82. The van der Waals surface area contributed by atoms with Crippen LogP contribution in [0.5, 0.6) is 11.5 Å². The monoisotopic (exact) mass is 282 g/mol. The molecule has 114 valence electrons. The average molecular weight is 282 g/mol. The molecule has 1 rings (SSSR count). The Kier molecular flexibility index (Phi) is 6.82. The molecular formula is C16H26O4. The lowest BCUT2D eigenvalue weighted by molar-refractivity contribution is 0.0163. The molecule has 0 spiro atoms. The van der Waals surface area contributed by atoms with Crippen molar-refractivity contribution >= 4 is 0 Å². The second-order valence-corrected chi connectivity index (χ2v) is 5.06. The molecule has 4 heteroatoms. The Morgan fingerprint density at radius 1 is 0.950 bits per heavy atom. The minimum atomic E-state index is -0.0000406. The Morgan fingerprint density at radius 2 is 1.60 bits per heavy atom. The highest BCUT2D eigenvalue weighted by Gasteiger charge is 2.25. The second kappa shape index (κ2) is 8.12. The third-order valence-electron chi connectivity index (χ3n) is 3.79. The molecule has 0 saturated carbocycles. The van der Waals surface area contributed by atoms with E-state index in [9.17, 15) is 0 Å². The van der Waals surface area contributed by atoms with Crippen LogP contribution in [-0.4, -0.2) is 35.0 Å². The average Bonchev–Trinajstić information content (AvgIpc) is 2.47. The van der Waals surface area contributed by atoms with Crippen LogP contribution in [0.15, 0.2) is 18.2 Å². The van der Waals surface area contributed by atoms with Crippen LogP contribution in [0.25, 0.3) is 0 Å². The van der Waals surface area contributed by atoms with Crippen molar-refractivity contribution in [2.75, 3.05) is 35.0 Å². The van der Waals surface area contributed by atoms with Crippen LogP contribution in [-0.2, 0) is 9.47 Å². The fraction of sp³-hybridized carbons (Fsp3) is 0.625. The Morgan fingerprint density at radius 3 is 2.10 bits per heavy atom. The van der Waals surface area contributed by atoms with Crippen molar-refractivity contribution in [2.24, 2.45) is 11.8 Å². The summed E-state index contributed by atoms with van der Waals surface area (Å²) < 4.78 is 21.5. The summed E-state index contributed by atoms with van der Waals surface area (Å²) in [5, 5.41) is 0. The lowest BCUT2D eigenvalue weighted by atomic mass is 9.87. The number of methoxy groups -OCH3 is 4. The van der Waals surface area contributed by atoms with Gasteiger partial charge in [0.1, 0.15) is 0 Å². The molecule has 0 saturated heterocycles. The minimum absolute atomic E-state index is 0.0000406. The number of ether oxygens (including phenoxy) is 4. The maximum Gasteiger partial charge on any atom is 0.161 e. The van der Waals surface area contributed by atoms with Gasteiger partial charge in [-0.05, 0) is 29.5 Å². The van der Waals surface area contributed by atoms with E-state index in [0.717, 1.165) is 17.1 Å². The molecular weight excluding hydrogens is 256 g/mol. The molecule has 0 N–H and O–H groups in total. The molecule has 0 aliphatic rings. The molecule has 1 aromatic rings. The van der Waals surface area contributed by atoms with Crippen LogP contribution in [0.3, 0.4) is 0 Å². The van der Waals surface area contributed by atoms with Gasteiger partial charge in [0, 0.05) is 20.8 Å². The van der Waals surface area contributed by atoms with Crippen molar-refractivity contribution in [3.05, 3.63) is 23.8 Å². The summed E-state index contributed by atoms with van der Waals surface area (Å²) in [5.74, 6) is 2.18. The Labute approximate surface area is 122 Å². The molecule has 20 heavy (non-hydrogen) atoms. The van der Waals surface area contributed by atoms with Crippen LogP contribution in [0.1, 0.15) is 25.5 Å². The standard InChI is InChI=1S/C16H26O4/c1-11(10-17-3)12(2)16(20-6)13-7-8-14(18-4)15(9-13)19-5/h7-9,11-12,16H,10H2,1-6H3. The van der Waals surface area contributed by atoms with Crippen molar-refractivity contribution < 1.29 is 18.9 Å². The first-order valence-corrected chi connectivity index (χ1v) is 6.82. The maximum atomic E-state index is 5.69. The van der Waals surface area contributed by atoms with E-state index in [1.54, 1.807) is 28.4 Å². The summed E-state index contributed by atoms with van der Waals surface area (Å²) in [4.78, 5) is 0. The number of rotatable bonds is 8. The summed E-state index contributed by atoms with van der Waals surface area (Å²) in [5.41, 5.74) is 1.08. The van der Waals surface area contributed by atoms with Crippen molar-refractivity contribution in [1.29, 1.82) is 0 Å². The Hall–Kier alpha value is -1.26. The van der Waals surface area contributed by atoms with Crippen molar-refractivity contribution in [1.82, 2.24) is 0 Å². The van der Waals surface area contributed by atoms with Crippen LogP contribution in [0.4, 0.5) is 0 Å². The Bertz CT molecular complexity index is 405. The smallest absolute Gasteiger partial charge is 0.161 e. The number of hydrogen-bond donors (Lipinski definition) is 0. The lowest BCUT2D eigenvalue weighted by Gasteiger charge is -2.28. The van der Waals surface area contributed by atoms with E-state index in [0.29, 0.717) is 18.4 Å². The zero-order valence-electron chi connectivity index (χ0n) is 13.3. The third-order valence-corrected chi connectivity index (χ3v) is 3.79. The van der Waals surface area contributed by atoms with E-state index >= 15 is 0 Å². The number of hydrogen-bond acceptors (Lipinski definition) is 4. The summed E-state index contributed by atoms with van der Waals surface area (Å²) in [6.45, 7) is 5.06. The SMILES string of the molecule is COCC(C)C(C)C(OC)c1ccc(OC)c(OC)c1. The third kappa shape index (κ3) is 3.87. The molecule has 0 heterocycles. The van der Waals surface area contributed by atoms with Gasteiger partial charge in [0.15, 0.2) is 11.5 Å². The Balaban J connectivity index is 3.00. The van der Waals surface area contributed by atoms with E-state index in [1.165, 1.54) is 0 Å². The molecule has 0 aliphatic heterocycles. The molecule has 0 fully saturated rings. The molecule has 0 bridgehead atoms. The van der Waals surface area contributed by atoms with Gasteiger partial charge in [-0.25, -0.2) is 0 Å². The van der Waals surface area contributed by atoms with Crippen molar-refractivity contribution in [3.8, 4) is 11.5 Å². The predicted octanol–water partition coefficient (Wildman–Crippen LogP) is 3.31. The molecule has 1 aromatic carbocycles. The number of benzene rings is 1. The molecule has 3 atom stereocenters. The van der Waals surface area contributed by atoms with Gasteiger partial charge in [-0.15, -0.1) is 0 Å². The van der Waals surface area contributed by atoms with Gasteiger partial charge in [-0.3, -0.25) is 0 Å². The molecule has 0 amide bonds. The highest BCUT2D eigenvalue weighted by atomic mass is 16.5. The predicted molar refractivity (Wildman–Crippen MR) is 79.5 cm³/mol. The van der Waals surface area contributed by atoms with Crippen LogP contribution in [0.2, 0.25) is 0 Å². The first kappa shape index (κ1) is 16.8. The minimum Gasteiger partial charge on any atom is -0.493 e. The normalized spacial score (nSPS) is 15.5. The topological polar surface area (TPSA) is 36.9 Å². The van der Waals surface area contributed by atoms with Crippen LogP contribution < -0.4 is 9.47 Å². The van der Waals surface area contributed by atoms with E-state index in [2.05, 4.69) is 13.8 Å². The zero-order chi connectivity index (χ0) is 15.1. The molecule has 0 aromatic heterocycles. The fourth-order valence-electron chi connectivity index (χ4n) is 2.40. The fourth-order valence-corrected chi connectivity index (χ4v) is 2.40. The maximum absolute atomic E-state index is 5.69. The van der Waals surface area contributed by atoms with Gasteiger partial charge in [0.25, 0.3) is 0 Å².